The number of ether oxygens (including phenoxy) is 1. The molecule has 0 unspecified atom stereocenters. The van der Waals surface area contributed by atoms with Gasteiger partial charge in [0, 0.05) is 31.0 Å². The molecule has 3 aromatic rings. The Morgan fingerprint density at radius 1 is 1.00 bits per heavy atom. The Bertz CT molecular complexity index is 819. The van der Waals surface area contributed by atoms with E-state index in [4.69, 9.17) is 4.74 Å². The highest BCUT2D eigenvalue weighted by Gasteiger charge is 2.09. The van der Waals surface area contributed by atoms with Crippen LogP contribution >= 0.6 is 0 Å². The summed E-state index contributed by atoms with van der Waals surface area (Å²) in [7, 11) is 3.64. The van der Waals surface area contributed by atoms with Crippen molar-refractivity contribution in [3.63, 3.8) is 0 Å². The van der Waals surface area contributed by atoms with Crippen molar-refractivity contribution in [2.45, 2.75) is 13.5 Å². The summed E-state index contributed by atoms with van der Waals surface area (Å²) < 4.78 is 5.19. The summed E-state index contributed by atoms with van der Waals surface area (Å²) in [4.78, 5) is 11.2. The van der Waals surface area contributed by atoms with Crippen LogP contribution in [0.3, 0.4) is 0 Å². The Morgan fingerprint density at radius 2 is 1.72 bits per heavy atom. The van der Waals surface area contributed by atoms with E-state index in [0.717, 1.165) is 28.5 Å². The molecule has 1 aromatic heterocycles. The van der Waals surface area contributed by atoms with Gasteiger partial charge in [0.05, 0.1) is 7.11 Å². The van der Waals surface area contributed by atoms with Crippen LogP contribution in [0.15, 0.2) is 60.7 Å². The fourth-order valence-electron chi connectivity index (χ4n) is 2.50. The molecular formula is C20H22N4O. The smallest absolute Gasteiger partial charge is 0.231 e. The van der Waals surface area contributed by atoms with Gasteiger partial charge < -0.3 is 15.0 Å². The van der Waals surface area contributed by atoms with Crippen LogP contribution in [0, 0.1) is 6.92 Å². The zero-order valence-electron chi connectivity index (χ0n) is 14.7. The third-order valence-electron chi connectivity index (χ3n) is 3.92. The lowest BCUT2D eigenvalue weighted by atomic mass is 10.2. The van der Waals surface area contributed by atoms with Gasteiger partial charge in [-0.2, -0.15) is 4.98 Å². The monoisotopic (exact) mass is 334 g/mol. The molecule has 0 fully saturated rings. The Hall–Kier alpha value is -3.08. The first-order valence-corrected chi connectivity index (χ1v) is 8.17. The fraction of sp³-hybridized carbons (Fsp3) is 0.200. The van der Waals surface area contributed by atoms with Gasteiger partial charge in [-0.1, -0.05) is 30.3 Å². The molecule has 25 heavy (non-hydrogen) atoms. The van der Waals surface area contributed by atoms with E-state index in [9.17, 15) is 0 Å². The van der Waals surface area contributed by atoms with E-state index in [-0.39, 0.29) is 0 Å². The van der Waals surface area contributed by atoms with Crippen molar-refractivity contribution >= 4 is 17.5 Å². The SMILES string of the molecule is COc1ccc(CNc2cc(C)nc(N(C)c3ccccc3)n2)cc1. The number of hydrogen-bond donors (Lipinski definition) is 1. The maximum atomic E-state index is 5.19. The summed E-state index contributed by atoms with van der Waals surface area (Å²) in [6.07, 6.45) is 0. The zero-order valence-corrected chi connectivity index (χ0v) is 14.7. The number of nitrogens with zero attached hydrogens (tertiary/aromatic N) is 3. The molecule has 1 N–H and O–H groups in total. The molecule has 5 nitrogen and oxygen atoms in total. The van der Waals surface area contributed by atoms with Crippen LogP contribution in [0.4, 0.5) is 17.5 Å². The number of aromatic nitrogens is 2. The largest absolute Gasteiger partial charge is 0.497 e. The van der Waals surface area contributed by atoms with E-state index in [1.165, 1.54) is 0 Å². The van der Waals surface area contributed by atoms with E-state index in [2.05, 4.69) is 15.3 Å². The van der Waals surface area contributed by atoms with E-state index >= 15 is 0 Å². The molecule has 1 heterocycles. The quantitative estimate of drug-likeness (QED) is 0.733. The second kappa shape index (κ2) is 7.66. The van der Waals surface area contributed by atoms with Gasteiger partial charge in [-0.3, -0.25) is 0 Å². The topological polar surface area (TPSA) is 50.3 Å². The number of methoxy groups -OCH3 is 1. The molecule has 0 aliphatic heterocycles. The van der Waals surface area contributed by atoms with Crippen molar-refractivity contribution in [3.8, 4) is 5.75 Å². The molecule has 0 atom stereocenters. The van der Waals surface area contributed by atoms with E-state index in [1.807, 2.05) is 79.5 Å². The lowest BCUT2D eigenvalue weighted by Crippen LogP contribution is -2.14. The van der Waals surface area contributed by atoms with Gasteiger partial charge in [-0.25, -0.2) is 4.98 Å². The second-order valence-electron chi connectivity index (χ2n) is 5.79. The van der Waals surface area contributed by atoms with Crippen LogP contribution in [-0.2, 0) is 6.54 Å². The number of hydrogen-bond acceptors (Lipinski definition) is 5. The summed E-state index contributed by atoms with van der Waals surface area (Å²) in [5.41, 5.74) is 3.13. The highest BCUT2D eigenvalue weighted by Crippen LogP contribution is 2.21. The zero-order chi connectivity index (χ0) is 17.6. The van der Waals surface area contributed by atoms with Crippen LogP contribution in [0.5, 0.6) is 5.75 Å². The van der Waals surface area contributed by atoms with Gasteiger partial charge in [0.1, 0.15) is 11.6 Å². The third kappa shape index (κ3) is 4.26. The van der Waals surface area contributed by atoms with Crippen LogP contribution in [0.2, 0.25) is 0 Å². The summed E-state index contributed by atoms with van der Waals surface area (Å²) >= 11 is 0. The Kier molecular flexibility index (Phi) is 5.14. The lowest BCUT2D eigenvalue weighted by molar-refractivity contribution is 0.414. The first-order chi connectivity index (χ1) is 12.2. The molecule has 0 aliphatic carbocycles. The number of nitrogens with one attached hydrogen (secondary N) is 1. The lowest BCUT2D eigenvalue weighted by Gasteiger charge is -2.18. The summed E-state index contributed by atoms with van der Waals surface area (Å²) in [5.74, 6) is 2.33. The third-order valence-corrected chi connectivity index (χ3v) is 3.92. The summed E-state index contributed by atoms with van der Waals surface area (Å²) in [6.45, 7) is 2.66. The maximum absolute atomic E-state index is 5.19. The van der Waals surface area contributed by atoms with Crippen LogP contribution < -0.4 is 15.0 Å². The average Bonchev–Trinajstić information content (AvgIpc) is 2.66. The molecule has 0 amide bonds. The molecule has 0 saturated heterocycles. The van der Waals surface area contributed by atoms with E-state index in [1.54, 1.807) is 7.11 Å². The Labute approximate surface area is 148 Å². The number of rotatable bonds is 6. The van der Waals surface area contributed by atoms with Gasteiger partial charge in [-0.05, 0) is 36.8 Å². The van der Waals surface area contributed by atoms with E-state index < -0.39 is 0 Å². The molecule has 0 radical (unpaired) electrons. The molecule has 2 aromatic carbocycles. The first-order valence-electron chi connectivity index (χ1n) is 8.17. The van der Waals surface area contributed by atoms with Crippen molar-refractivity contribution in [3.05, 3.63) is 71.9 Å². The molecule has 0 spiro atoms. The van der Waals surface area contributed by atoms with Crippen molar-refractivity contribution in [2.75, 3.05) is 24.4 Å². The Balaban J connectivity index is 1.74. The Morgan fingerprint density at radius 3 is 2.40 bits per heavy atom. The average molecular weight is 334 g/mol. The molecule has 0 aliphatic rings. The van der Waals surface area contributed by atoms with Gasteiger partial charge in [0.15, 0.2) is 0 Å². The predicted octanol–water partition coefficient (Wildman–Crippen LogP) is 4.17. The number of anilines is 3. The normalized spacial score (nSPS) is 10.4. The highest BCUT2D eigenvalue weighted by atomic mass is 16.5. The number of aryl methyl sites for hydroxylation is 1. The predicted molar refractivity (Wildman–Crippen MR) is 102 cm³/mol. The molecule has 128 valence electrons. The van der Waals surface area contributed by atoms with Gasteiger partial charge >= 0.3 is 0 Å². The van der Waals surface area contributed by atoms with Crippen LogP contribution in [0.25, 0.3) is 0 Å². The van der Waals surface area contributed by atoms with Gasteiger partial charge in [0.25, 0.3) is 0 Å². The maximum Gasteiger partial charge on any atom is 0.231 e. The molecule has 0 bridgehead atoms. The number of para-hydroxylation sites is 1. The summed E-state index contributed by atoms with van der Waals surface area (Å²) in [6, 6.07) is 20.0. The molecular weight excluding hydrogens is 312 g/mol. The van der Waals surface area contributed by atoms with Crippen molar-refractivity contribution in [2.24, 2.45) is 0 Å². The van der Waals surface area contributed by atoms with Crippen LogP contribution in [0.1, 0.15) is 11.3 Å². The minimum atomic E-state index is 0.670. The van der Waals surface area contributed by atoms with Gasteiger partial charge in [-0.15, -0.1) is 0 Å². The van der Waals surface area contributed by atoms with Crippen LogP contribution in [-0.4, -0.2) is 24.1 Å². The first kappa shape index (κ1) is 16.8. The summed E-state index contributed by atoms with van der Waals surface area (Å²) in [5, 5.41) is 3.37. The molecule has 3 rings (SSSR count). The van der Waals surface area contributed by atoms with Crippen molar-refractivity contribution in [1.29, 1.82) is 0 Å². The number of benzene rings is 2. The minimum Gasteiger partial charge on any atom is -0.497 e. The standard InChI is InChI=1S/C20H22N4O/c1-15-13-19(21-14-16-9-11-18(25-3)12-10-16)23-20(22-15)24(2)17-7-5-4-6-8-17/h4-13H,14H2,1-3H3,(H,21,22,23). The van der Waals surface area contributed by atoms with E-state index in [0.29, 0.717) is 12.5 Å². The second-order valence-corrected chi connectivity index (χ2v) is 5.79. The van der Waals surface area contributed by atoms with Crippen molar-refractivity contribution < 1.29 is 4.74 Å². The molecule has 0 saturated carbocycles. The minimum absolute atomic E-state index is 0.670. The molecule has 5 heteroatoms. The highest BCUT2D eigenvalue weighted by molar-refractivity contribution is 5.57. The van der Waals surface area contributed by atoms with Gasteiger partial charge in [0.2, 0.25) is 5.95 Å². The fourth-order valence-corrected chi connectivity index (χ4v) is 2.50. The van der Waals surface area contributed by atoms with Crippen molar-refractivity contribution in [1.82, 2.24) is 9.97 Å².